The number of aromatic nitrogens is 2. The lowest BCUT2D eigenvalue weighted by Gasteiger charge is -2.18. The van der Waals surface area contributed by atoms with E-state index < -0.39 is 6.10 Å². The molecular weight excluding hydrogens is 268 g/mol. The van der Waals surface area contributed by atoms with Crippen molar-refractivity contribution in [3.63, 3.8) is 0 Å². The number of aromatic amines is 1. The Kier molecular flexibility index (Phi) is 3.68. The Morgan fingerprint density at radius 1 is 1.43 bits per heavy atom. The largest absolute Gasteiger partial charge is 0.382 e. The molecule has 1 atom stereocenters. The predicted molar refractivity (Wildman–Crippen MR) is 77.5 cm³/mol. The minimum absolute atomic E-state index is 0.0779. The van der Waals surface area contributed by atoms with Crippen LogP contribution in [0.25, 0.3) is 0 Å². The number of amides is 1. The quantitative estimate of drug-likeness (QED) is 0.926. The van der Waals surface area contributed by atoms with Gasteiger partial charge in [-0.15, -0.1) is 0 Å². The zero-order valence-corrected chi connectivity index (χ0v) is 11.7. The van der Waals surface area contributed by atoms with E-state index in [1.54, 1.807) is 24.3 Å². The molecule has 0 bridgehead atoms. The van der Waals surface area contributed by atoms with E-state index in [1.165, 1.54) is 0 Å². The van der Waals surface area contributed by atoms with Crippen LogP contribution in [0, 0.1) is 0 Å². The summed E-state index contributed by atoms with van der Waals surface area (Å²) in [5.41, 5.74) is 2.75. The van der Waals surface area contributed by atoms with Crippen LogP contribution < -0.4 is 0 Å². The van der Waals surface area contributed by atoms with Gasteiger partial charge in [-0.25, -0.2) is 0 Å². The third-order valence-electron chi connectivity index (χ3n) is 3.40. The zero-order chi connectivity index (χ0) is 14.7. The van der Waals surface area contributed by atoms with Gasteiger partial charge in [-0.05, 0) is 5.56 Å². The number of carbonyl (C=O) groups excluding carboxylic acids is 1. The molecule has 0 saturated heterocycles. The zero-order valence-electron chi connectivity index (χ0n) is 11.7. The monoisotopic (exact) mass is 284 g/mol. The molecule has 1 aliphatic heterocycles. The maximum Gasteiger partial charge on any atom is 0.266 e. The maximum atomic E-state index is 12.3. The van der Waals surface area contributed by atoms with Gasteiger partial charge in [0.2, 0.25) is 6.10 Å². The molecule has 6 nitrogen and oxygen atoms in total. The standard InChI is InChI=1S/C15H16N4O2/c1-19(10-11-8-16-17-9-11)15(20)14-7-13(18-21-14)12-5-3-2-4-6-12/h2-6,8-9,14H,7,10H2,1H3,(H,16,17). The molecule has 0 saturated carbocycles. The summed E-state index contributed by atoms with van der Waals surface area (Å²) in [6.45, 7) is 0.496. The highest BCUT2D eigenvalue weighted by Gasteiger charge is 2.31. The number of oxime groups is 1. The molecule has 0 radical (unpaired) electrons. The van der Waals surface area contributed by atoms with Gasteiger partial charge in [-0.2, -0.15) is 5.10 Å². The van der Waals surface area contributed by atoms with Crippen LogP contribution in [-0.2, 0) is 16.2 Å². The molecule has 2 aromatic rings. The van der Waals surface area contributed by atoms with Crippen LogP contribution in [-0.4, -0.2) is 39.9 Å². The normalized spacial score (nSPS) is 17.2. The van der Waals surface area contributed by atoms with Crippen molar-refractivity contribution in [2.75, 3.05) is 7.05 Å². The highest BCUT2D eigenvalue weighted by Crippen LogP contribution is 2.18. The van der Waals surface area contributed by atoms with Crippen molar-refractivity contribution in [1.82, 2.24) is 15.1 Å². The third-order valence-corrected chi connectivity index (χ3v) is 3.40. The van der Waals surface area contributed by atoms with Gasteiger partial charge in [0, 0.05) is 31.8 Å². The van der Waals surface area contributed by atoms with Gasteiger partial charge in [0.25, 0.3) is 5.91 Å². The molecular formula is C15H16N4O2. The number of nitrogens with one attached hydrogen (secondary N) is 1. The third kappa shape index (κ3) is 2.94. The van der Waals surface area contributed by atoms with Crippen LogP contribution in [0.2, 0.25) is 0 Å². The summed E-state index contributed by atoms with van der Waals surface area (Å²) in [4.78, 5) is 19.3. The summed E-state index contributed by atoms with van der Waals surface area (Å²) in [5, 5.41) is 10.6. The average Bonchev–Trinajstić information content (AvgIpc) is 3.18. The van der Waals surface area contributed by atoms with Crippen molar-refractivity contribution in [2.45, 2.75) is 19.1 Å². The van der Waals surface area contributed by atoms with Crippen molar-refractivity contribution in [2.24, 2.45) is 5.16 Å². The highest BCUT2D eigenvalue weighted by molar-refractivity contribution is 6.03. The van der Waals surface area contributed by atoms with Gasteiger partial charge >= 0.3 is 0 Å². The summed E-state index contributed by atoms with van der Waals surface area (Å²) in [6, 6.07) is 9.76. The molecule has 1 aliphatic rings. The van der Waals surface area contributed by atoms with Gasteiger partial charge in [-0.3, -0.25) is 9.89 Å². The van der Waals surface area contributed by atoms with Gasteiger partial charge in [0.15, 0.2) is 0 Å². The molecule has 0 fully saturated rings. The lowest BCUT2D eigenvalue weighted by Crippen LogP contribution is -2.36. The second-order valence-corrected chi connectivity index (χ2v) is 5.00. The minimum atomic E-state index is -0.544. The lowest BCUT2D eigenvalue weighted by molar-refractivity contribution is -0.141. The Balaban J connectivity index is 1.60. The lowest BCUT2D eigenvalue weighted by atomic mass is 10.0. The summed E-state index contributed by atoms with van der Waals surface area (Å²) < 4.78 is 0. The Morgan fingerprint density at radius 2 is 2.24 bits per heavy atom. The fourth-order valence-corrected chi connectivity index (χ4v) is 2.27. The fraction of sp³-hybridized carbons (Fsp3) is 0.267. The smallest absolute Gasteiger partial charge is 0.266 e. The molecule has 108 valence electrons. The molecule has 1 N–H and O–H groups in total. The number of nitrogens with zero attached hydrogens (tertiary/aromatic N) is 3. The van der Waals surface area contributed by atoms with Gasteiger partial charge in [0.1, 0.15) is 0 Å². The Hall–Kier alpha value is -2.63. The highest BCUT2D eigenvalue weighted by atomic mass is 16.6. The minimum Gasteiger partial charge on any atom is -0.382 e. The van der Waals surface area contributed by atoms with E-state index in [1.807, 2.05) is 30.3 Å². The molecule has 1 amide bonds. The van der Waals surface area contributed by atoms with E-state index in [-0.39, 0.29) is 5.91 Å². The predicted octanol–water partition coefficient (Wildman–Crippen LogP) is 1.56. The maximum absolute atomic E-state index is 12.3. The molecule has 2 heterocycles. The van der Waals surface area contributed by atoms with Crippen molar-refractivity contribution >= 4 is 11.6 Å². The van der Waals surface area contributed by atoms with Crippen molar-refractivity contribution < 1.29 is 9.63 Å². The number of benzene rings is 1. The van der Waals surface area contributed by atoms with E-state index >= 15 is 0 Å². The molecule has 6 heteroatoms. The van der Waals surface area contributed by atoms with Crippen molar-refractivity contribution in [3.8, 4) is 0 Å². The molecule has 0 spiro atoms. The summed E-state index contributed by atoms with van der Waals surface area (Å²) in [7, 11) is 1.75. The van der Waals surface area contributed by atoms with Crippen LogP contribution in [0.5, 0.6) is 0 Å². The molecule has 1 aromatic heterocycles. The number of hydrogen-bond donors (Lipinski definition) is 1. The molecule has 1 aromatic carbocycles. The van der Waals surface area contributed by atoms with E-state index in [0.29, 0.717) is 13.0 Å². The first kappa shape index (κ1) is 13.4. The number of likely N-dealkylation sites (N-methyl/N-ethyl adjacent to an activating group) is 1. The molecule has 21 heavy (non-hydrogen) atoms. The topological polar surface area (TPSA) is 70.6 Å². The Bertz CT molecular complexity index is 637. The fourth-order valence-electron chi connectivity index (χ4n) is 2.27. The van der Waals surface area contributed by atoms with Crippen molar-refractivity contribution in [1.29, 1.82) is 0 Å². The summed E-state index contributed by atoms with van der Waals surface area (Å²) in [5.74, 6) is -0.0779. The van der Waals surface area contributed by atoms with Gasteiger partial charge in [-0.1, -0.05) is 35.5 Å². The van der Waals surface area contributed by atoms with E-state index in [9.17, 15) is 4.79 Å². The van der Waals surface area contributed by atoms with E-state index in [0.717, 1.165) is 16.8 Å². The van der Waals surface area contributed by atoms with Gasteiger partial charge < -0.3 is 9.74 Å². The molecule has 0 aliphatic carbocycles. The van der Waals surface area contributed by atoms with Crippen LogP contribution in [0.1, 0.15) is 17.5 Å². The Labute approximate surface area is 122 Å². The van der Waals surface area contributed by atoms with Crippen molar-refractivity contribution in [3.05, 3.63) is 53.9 Å². The average molecular weight is 284 g/mol. The van der Waals surface area contributed by atoms with Crippen LogP contribution in [0.3, 0.4) is 0 Å². The van der Waals surface area contributed by atoms with E-state index in [2.05, 4.69) is 15.4 Å². The van der Waals surface area contributed by atoms with Crippen LogP contribution in [0.15, 0.2) is 47.9 Å². The number of carbonyl (C=O) groups is 1. The molecule has 1 unspecified atom stereocenters. The number of H-pyrrole nitrogens is 1. The first-order chi connectivity index (χ1) is 10.2. The Morgan fingerprint density at radius 3 is 2.95 bits per heavy atom. The van der Waals surface area contributed by atoms with Crippen LogP contribution >= 0.6 is 0 Å². The number of rotatable bonds is 4. The molecule has 3 rings (SSSR count). The second kappa shape index (κ2) is 5.78. The van der Waals surface area contributed by atoms with Gasteiger partial charge in [0.05, 0.1) is 11.9 Å². The summed E-state index contributed by atoms with van der Waals surface area (Å²) in [6.07, 6.45) is 3.42. The first-order valence-electron chi connectivity index (χ1n) is 6.75. The second-order valence-electron chi connectivity index (χ2n) is 5.00. The SMILES string of the molecule is CN(Cc1cn[nH]c1)C(=O)C1CC(c2ccccc2)=NO1. The first-order valence-corrected chi connectivity index (χ1v) is 6.75. The van der Waals surface area contributed by atoms with Crippen LogP contribution in [0.4, 0.5) is 0 Å². The summed E-state index contributed by atoms with van der Waals surface area (Å²) >= 11 is 0. The number of hydrogen-bond acceptors (Lipinski definition) is 4. The van der Waals surface area contributed by atoms with E-state index in [4.69, 9.17) is 4.84 Å².